The Morgan fingerprint density at radius 1 is 0.875 bits per heavy atom. The van der Waals surface area contributed by atoms with Gasteiger partial charge in [-0.3, -0.25) is 4.57 Å². The normalized spacial score (nSPS) is 11.8. The zero-order valence-corrected chi connectivity index (χ0v) is 13.4. The van der Waals surface area contributed by atoms with Gasteiger partial charge in [-0.25, -0.2) is 9.97 Å². The van der Waals surface area contributed by atoms with Crippen LogP contribution in [-0.4, -0.2) is 14.5 Å². The lowest BCUT2D eigenvalue weighted by molar-refractivity contribution is 0.948. The van der Waals surface area contributed by atoms with Gasteiger partial charge in [0.15, 0.2) is 0 Å². The van der Waals surface area contributed by atoms with Gasteiger partial charge in [0.25, 0.3) is 0 Å². The smallest absolute Gasteiger partial charge is 0.234 e. The van der Waals surface area contributed by atoms with E-state index in [1.807, 2.05) is 18.2 Å². The SMILES string of the molecule is C/C(=C\c1ccccc1)c1cc2ccccc2n1-c1ncccn1. The molecule has 0 radical (unpaired) electrons. The van der Waals surface area contributed by atoms with Gasteiger partial charge in [0.05, 0.1) is 11.2 Å². The minimum Gasteiger partial charge on any atom is -0.278 e. The number of nitrogens with zero attached hydrogens (tertiary/aromatic N) is 3. The number of para-hydroxylation sites is 1. The summed E-state index contributed by atoms with van der Waals surface area (Å²) in [5.41, 5.74) is 4.57. The highest BCUT2D eigenvalue weighted by Gasteiger charge is 2.13. The molecule has 0 unspecified atom stereocenters. The first-order chi connectivity index (χ1) is 11.8. The summed E-state index contributed by atoms with van der Waals surface area (Å²) in [6.07, 6.45) is 5.74. The standard InChI is InChI=1S/C21H17N3/c1-16(14-17-8-3-2-4-9-17)20-15-18-10-5-6-11-19(18)24(20)21-22-12-7-13-23-21/h2-15H,1H3/b16-14+. The van der Waals surface area contributed by atoms with Crippen LogP contribution in [0.25, 0.3) is 28.5 Å². The second-order valence-corrected chi connectivity index (χ2v) is 5.71. The Kier molecular flexibility index (Phi) is 3.67. The van der Waals surface area contributed by atoms with Crippen LogP contribution in [0, 0.1) is 0 Å². The van der Waals surface area contributed by atoms with Gasteiger partial charge in [-0.05, 0) is 42.3 Å². The number of hydrogen-bond acceptors (Lipinski definition) is 2. The van der Waals surface area contributed by atoms with E-state index in [1.165, 1.54) is 16.5 Å². The van der Waals surface area contributed by atoms with Crippen molar-refractivity contribution in [3.8, 4) is 5.95 Å². The predicted octanol–water partition coefficient (Wildman–Crippen LogP) is 4.98. The van der Waals surface area contributed by atoms with Crippen LogP contribution in [0.15, 0.2) is 79.1 Å². The van der Waals surface area contributed by atoms with Gasteiger partial charge in [-0.15, -0.1) is 0 Å². The molecule has 2 heterocycles. The highest BCUT2D eigenvalue weighted by atomic mass is 15.2. The van der Waals surface area contributed by atoms with Crippen LogP contribution in [0.1, 0.15) is 18.2 Å². The lowest BCUT2D eigenvalue weighted by Gasteiger charge is -2.09. The Morgan fingerprint density at radius 2 is 1.58 bits per heavy atom. The van der Waals surface area contributed by atoms with Gasteiger partial charge in [0.2, 0.25) is 5.95 Å². The summed E-state index contributed by atoms with van der Waals surface area (Å²) >= 11 is 0. The molecule has 3 nitrogen and oxygen atoms in total. The second-order valence-electron chi connectivity index (χ2n) is 5.71. The molecule has 24 heavy (non-hydrogen) atoms. The number of allylic oxidation sites excluding steroid dienone is 1. The fourth-order valence-corrected chi connectivity index (χ4v) is 2.94. The van der Waals surface area contributed by atoms with Gasteiger partial charge in [-0.1, -0.05) is 48.5 Å². The highest BCUT2D eigenvalue weighted by Crippen LogP contribution is 2.28. The molecule has 0 aliphatic carbocycles. The summed E-state index contributed by atoms with van der Waals surface area (Å²) < 4.78 is 2.12. The summed E-state index contributed by atoms with van der Waals surface area (Å²) in [5, 5.41) is 1.18. The van der Waals surface area contributed by atoms with Crippen molar-refractivity contribution in [1.29, 1.82) is 0 Å². The maximum atomic E-state index is 4.45. The molecule has 116 valence electrons. The van der Waals surface area contributed by atoms with E-state index in [0.717, 1.165) is 11.2 Å². The molecule has 0 aliphatic rings. The van der Waals surface area contributed by atoms with Crippen molar-refractivity contribution >= 4 is 22.6 Å². The maximum Gasteiger partial charge on any atom is 0.234 e. The molecule has 0 aliphatic heterocycles. The Balaban J connectivity index is 1.94. The van der Waals surface area contributed by atoms with Crippen molar-refractivity contribution in [3.05, 3.63) is 90.4 Å². The lowest BCUT2D eigenvalue weighted by Crippen LogP contribution is -2.03. The van der Waals surface area contributed by atoms with Gasteiger partial charge >= 0.3 is 0 Å². The van der Waals surface area contributed by atoms with Crippen LogP contribution in [0.5, 0.6) is 0 Å². The Morgan fingerprint density at radius 3 is 2.38 bits per heavy atom. The zero-order valence-electron chi connectivity index (χ0n) is 13.4. The molecule has 3 heteroatoms. The molecule has 0 N–H and O–H groups in total. The Bertz CT molecular complexity index is 999. The largest absolute Gasteiger partial charge is 0.278 e. The maximum absolute atomic E-state index is 4.45. The molecule has 4 aromatic rings. The van der Waals surface area contributed by atoms with Crippen molar-refractivity contribution in [1.82, 2.24) is 14.5 Å². The molecule has 0 saturated heterocycles. The van der Waals surface area contributed by atoms with Crippen molar-refractivity contribution in [2.75, 3.05) is 0 Å². The Labute approximate surface area is 140 Å². The number of hydrogen-bond donors (Lipinski definition) is 0. The van der Waals surface area contributed by atoms with Crippen LogP contribution in [0.3, 0.4) is 0 Å². The van der Waals surface area contributed by atoms with Crippen LogP contribution in [0.4, 0.5) is 0 Å². The van der Waals surface area contributed by atoms with Gasteiger partial charge in [-0.2, -0.15) is 0 Å². The molecular weight excluding hydrogens is 294 g/mol. The van der Waals surface area contributed by atoms with E-state index in [4.69, 9.17) is 0 Å². The van der Waals surface area contributed by atoms with E-state index in [2.05, 4.69) is 76.1 Å². The van der Waals surface area contributed by atoms with Crippen molar-refractivity contribution in [2.24, 2.45) is 0 Å². The van der Waals surface area contributed by atoms with Crippen LogP contribution >= 0.6 is 0 Å². The van der Waals surface area contributed by atoms with E-state index >= 15 is 0 Å². The fraction of sp³-hybridized carbons (Fsp3) is 0.0476. The summed E-state index contributed by atoms with van der Waals surface area (Å²) in [7, 11) is 0. The van der Waals surface area contributed by atoms with E-state index in [-0.39, 0.29) is 0 Å². The minimum absolute atomic E-state index is 0.689. The summed E-state index contributed by atoms with van der Waals surface area (Å²) in [6.45, 7) is 2.13. The van der Waals surface area contributed by atoms with Gasteiger partial charge in [0.1, 0.15) is 0 Å². The molecule has 2 aromatic heterocycles. The lowest BCUT2D eigenvalue weighted by atomic mass is 10.1. The van der Waals surface area contributed by atoms with E-state index in [0.29, 0.717) is 5.95 Å². The third-order valence-corrected chi connectivity index (χ3v) is 4.05. The van der Waals surface area contributed by atoms with E-state index in [9.17, 15) is 0 Å². The third-order valence-electron chi connectivity index (χ3n) is 4.05. The van der Waals surface area contributed by atoms with Crippen molar-refractivity contribution in [2.45, 2.75) is 6.92 Å². The van der Waals surface area contributed by atoms with E-state index < -0.39 is 0 Å². The first kappa shape index (κ1) is 14.4. The molecule has 0 bridgehead atoms. The topological polar surface area (TPSA) is 30.7 Å². The molecular formula is C21H17N3. The molecule has 0 spiro atoms. The summed E-state index contributed by atoms with van der Waals surface area (Å²) in [4.78, 5) is 8.89. The average Bonchev–Trinajstić information content (AvgIpc) is 3.03. The van der Waals surface area contributed by atoms with E-state index in [1.54, 1.807) is 12.4 Å². The summed E-state index contributed by atoms with van der Waals surface area (Å²) in [5.74, 6) is 0.689. The first-order valence-corrected chi connectivity index (χ1v) is 7.94. The summed E-state index contributed by atoms with van der Waals surface area (Å²) in [6, 6.07) is 22.7. The molecule has 0 saturated carbocycles. The van der Waals surface area contributed by atoms with Crippen LogP contribution in [-0.2, 0) is 0 Å². The molecule has 4 rings (SSSR count). The average molecular weight is 311 g/mol. The zero-order chi connectivity index (χ0) is 16.4. The highest BCUT2D eigenvalue weighted by molar-refractivity contribution is 5.90. The van der Waals surface area contributed by atoms with Gasteiger partial charge in [0, 0.05) is 17.8 Å². The molecule has 0 fully saturated rings. The van der Waals surface area contributed by atoms with Crippen LogP contribution < -0.4 is 0 Å². The number of aromatic nitrogens is 3. The van der Waals surface area contributed by atoms with Gasteiger partial charge < -0.3 is 0 Å². The fourth-order valence-electron chi connectivity index (χ4n) is 2.94. The third kappa shape index (κ3) is 2.61. The number of benzene rings is 2. The molecule has 2 aromatic carbocycles. The van der Waals surface area contributed by atoms with Crippen LogP contribution in [0.2, 0.25) is 0 Å². The van der Waals surface area contributed by atoms with Crippen molar-refractivity contribution in [3.63, 3.8) is 0 Å². The second kappa shape index (κ2) is 6.13. The molecule has 0 amide bonds. The molecule has 0 atom stereocenters. The quantitative estimate of drug-likeness (QED) is 0.534. The minimum atomic E-state index is 0.689. The monoisotopic (exact) mass is 311 g/mol. The number of fused-ring (bicyclic) bond motifs is 1. The van der Waals surface area contributed by atoms with Crippen molar-refractivity contribution < 1.29 is 0 Å². The Hall–Kier alpha value is -3.20. The predicted molar refractivity (Wildman–Crippen MR) is 98.9 cm³/mol. The first-order valence-electron chi connectivity index (χ1n) is 7.94. The number of rotatable bonds is 3.